The lowest BCUT2D eigenvalue weighted by atomic mass is 9.33. The Bertz CT molecular complexity index is 749. The van der Waals surface area contributed by atoms with Gasteiger partial charge in [-0.3, -0.25) is 0 Å². The van der Waals surface area contributed by atoms with Gasteiger partial charge in [0.2, 0.25) is 0 Å². The third-order valence-electron chi connectivity index (χ3n) is 13.8. The first-order valence-corrected chi connectivity index (χ1v) is 14.4. The fourth-order valence-corrected chi connectivity index (χ4v) is 11.8. The van der Waals surface area contributed by atoms with Gasteiger partial charge in [0, 0.05) is 12.0 Å². The molecule has 6 rings (SSSR count). The standard InChI is InChI=1S/C27H44O2.C2H6.C2H4/c1-22-12-14-26(17-28)10-5-6-19(26)18(22)7-8-20-23(22,2)13-15-27-16-25(27,4)21(29)9-11-24(20,27)3;2*1-2/h18-21,28-29H,5-17H2,1-4H3;1-2H3;1-2H2/t18?,19?,20?,21?,22-,23?,24?,25+,26?,27+;;/m1../s1. The summed E-state index contributed by atoms with van der Waals surface area (Å²) in [4.78, 5) is 0. The fraction of sp³-hybridized carbons (Fsp3) is 0.935. The van der Waals surface area contributed by atoms with E-state index >= 15 is 0 Å². The summed E-state index contributed by atoms with van der Waals surface area (Å²) >= 11 is 0. The Morgan fingerprint density at radius 1 is 0.697 bits per heavy atom. The van der Waals surface area contributed by atoms with Crippen molar-refractivity contribution in [2.75, 3.05) is 6.61 Å². The first-order chi connectivity index (χ1) is 15.6. The van der Waals surface area contributed by atoms with E-state index in [1.54, 1.807) is 0 Å². The Balaban J connectivity index is 0.000000617. The van der Waals surface area contributed by atoms with Crippen molar-refractivity contribution in [3.63, 3.8) is 0 Å². The zero-order valence-corrected chi connectivity index (χ0v) is 22.8. The van der Waals surface area contributed by atoms with Crippen molar-refractivity contribution in [1.29, 1.82) is 0 Å². The van der Waals surface area contributed by atoms with Gasteiger partial charge in [0.05, 0.1) is 6.10 Å². The number of hydrogen-bond donors (Lipinski definition) is 2. The van der Waals surface area contributed by atoms with Gasteiger partial charge in [-0.1, -0.05) is 48.0 Å². The van der Waals surface area contributed by atoms with Crippen molar-refractivity contribution in [1.82, 2.24) is 0 Å². The van der Waals surface area contributed by atoms with Gasteiger partial charge in [0.1, 0.15) is 0 Å². The molecule has 0 aromatic heterocycles. The highest BCUT2D eigenvalue weighted by atomic mass is 16.3. The molecule has 0 radical (unpaired) electrons. The highest BCUT2D eigenvalue weighted by Crippen LogP contribution is 2.87. The summed E-state index contributed by atoms with van der Waals surface area (Å²) in [7, 11) is 0. The van der Waals surface area contributed by atoms with Crippen LogP contribution < -0.4 is 0 Å². The summed E-state index contributed by atoms with van der Waals surface area (Å²) in [5.41, 5.74) is 2.17. The summed E-state index contributed by atoms with van der Waals surface area (Å²) in [5.74, 6) is 2.42. The molecular formula is C31H54O2. The molecule has 2 N–H and O–H groups in total. The van der Waals surface area contributed by atoms with E-state index in [1.165, 1.54) is 70.6 Å². The van der Waals surface area contributed by atoms with E-state index in [4.69, 9.17) is 0 Å². The Morgan fingerprint density at radius 3 is 2.03 bits per heavy atom. The zero-order chi connectivity index (χ0) is 24.5. The van der Waals surface area contributed by atoms with Gasteiger partial charge in [-0.2, -0.15) is 0 Å². The Kier molecular flexibility index (Phi) is 6.31. The molecule has 2 heteroatoms. The van der Waals surface area contributed by atoms with Crippen LogP contribution in [-0.4, -0.2) is 22.9 Å². The maximum Gasteiger partial charge on any atom is 0.0599 e. The second-order valence-electron chi connectivity index (χ2n) is 13.7. The van der Waals surface area contributed by atoms with E-state index in [-0.39, 0.29) is 16.9 Å². The van der Waals surface area contributed by atoms with Gasteiger partial charge in [-0.15, -0.1) is 13.2 Å². The largest absolute Gasteiger partial charge is 0.396 e. The summed E-state index contributed by atoms with van der Waals surface area (Å²) in [6.45, 7) is 20.9. The van der Waals surface area contributed by atoms with E-state index < -0.39 is 0 Å². The van der Waals surface area contributed by atoms with Gasteiger partial charge in [0.25, 0.3) is 0 Å². The molecule has 6 saturated carbocycles. The minimum atomic E-state index is -0.0646. The van der Waals surface area contributed by atoms with Crippen LogP contribution in [0, 0.1) is 50.2 Å². The molecule has 6 aliphatic rings. The molecule has 0 saturated heterocycles. The van der Waals surface area contributed by atoms with Gasteiger partial charge in [0.15, 0.2) is 0 Å². The van der Waals surface area contributed by atoms with Gasteiger partial charge < -0.3 is 10.2 Å². The molecule has 0 aliphatic heterocycles. The normalized spacial score (nSPS) is 57.9. The molecule has 6 fully saturated rings. The predicted octanol–water partition coefficient (Wildman–Crippen LogP) is 7.78. The van der Waals surface area contributed by atoms with Crippen molar-refractivity contribution >= 4 is 0 Å². The molecular weight excluding hydrogens is 404 g/mol. The van der Waals surface area contributed by atoms with Gasteiger partial charge in [-0.25, -0.2) is 0 Å². The van der Waals surface area contributed by atoms with Gasteiger partial charge in [-0.05, 0) is 115 Å². The number of aliphatic hydroxyl groups excluding tert-OH is 2. The van der Waals surface area contributed by atoms with Crippen LogP contribution in [0.15, 0.2) is 13.2 Å². The van der Waals surface area contributed by atoms with Crippen LogP contribution in [0.25, 0.3) is 0 Å². The highest BCUT2D eigenvalue weighted by molar-refractivity contribution is 5.30. The lowest BCUT2D eigenvalue weighted by molar-refractivity contribution is -0.238. The molecule has 2 nitrogen and oxygen atoms in total. The SMILES string of the molecule is C=C.CC.CC12CCC(O)[C@]3(C)C[C@@]13CCC1(C)C2CCC2C3CCCC3(CO)CC[C@]21C. The van der Waals surface area contributed by atoms with Crippen molar-refractivity contribution in [3.8, 4) is 0 Å². The smallest absolute Gasteiger partial charge is 0.0599 e. The number of aliphatic hydroxyl groups is 2. The van der Waals surface area contributed by atoms with E-state index in [2.05, 4.69) is 40.9 Å². The van der Waals surface area contributed by atoms with E-state index in [1.807, 2.05) is 13.8 Å². The third-order valence-corrected chi connectivity index (χ3v) is 13.8. The van der Waals surface area contributed by atoms with E-state index in [0.717, 1.165) is 24.2 Å². The molecule has 7 unspecified atom stereocenters. The second-order valence-corrected chi connectivity index (χ2v) is 13.7. The minimum absolute atomic E-state index is 0.0646. The fourth-order valence-electron chi connectivity index (χ4n) is 11.8. The first kappa shape index (κ1) is 25.7. The summed E-state index contributed by atoms with van der Waals surface area (Å²) in [6, 6.07) is 0. The van der Waals surface area contributed by atoms with Crippen LogP contribution in [-0.2, 0) is 0 Å². The van der Waals surface area contributed by atoms with Crippen LogP contribution >= 0.6 is 0 Å². The zero-order valence-electron chi connectivity index (χ0n) is 22.8. The third kappa shape index (κ3) is 2.80. The van der Waals surface area contributed by atoms with Crippen LogP contribution in [0.2, 0.25) is 0 Å². The van der Waals surface area contributed by atoms with E-state index in [9.17, 15) is 10.2 Å². The molecule has 6 aliphatic carbocycles. The molecule has 0 bridgehead atoms. The average Bonchev–Trinajstić information content (AvgIpc) is 3.26. The Labute approximate surface area is 205 Å². The molecule has 0 aromatic rings. The van der Waals surface area contributed by atoms with Crippen LogP contribution in [0.3, 0.4) is 0 Å². The quantitative estimate of drug-likeness (QED) is 0.394. The number of fused-ring (bicyclic) bond motifs is 6. The monoisotopic (exact) mass is 458 g/mol. The summed E-state index contributed by atoms with van der Waals surface area (Å²) in [6.07, 6.45) is 15.6. The van der Waals surface area contributed by atoms with Gasteiger partial charge >= 0.3 is 0 Å². The average molecular weight is 459 g/mol. The Morgan fingerprint density at radius 2 is 1.36 bits per heavy atom. The summed E-state index contributed by atoms with van der Waals surface area (Å²) in [5, 5.41) is 21.2. The Hall–Kier alpha value is -0.340. The van der Waals surface area contributed by atoms with Crippen LogP contribution in [0.4, 0.5) is 0 Å². The second kappa shape index (κ2) is 8.09. The number of rotatable bonds is 1. The lowest BCUT2D eigenvalue weighted by Crippen LogP contribution is -2.65. The maximum absolute atomic E-state index is 10.9. The van der Waals surface area contributed by atoms with Crippen LogP contribution in [0.1, 0.15) is 119 Å². The van der Waals surface area contributed by atoms with E-state index in [0.29, 0.717) is 28.3 Å². The molecule has 33 heavy (non-hydrogen) atoms. The minimum Gasteiger partial charge on any atom is -0.396 e. The predicted molar refractivity (Wildman–Crippen MR) is 139 cm³/mol. The first-order valence-electron chi connectivity index (χ1n) is 14.4. The lowest BCUT2D eigenvalue weighted by Gasteiger charge is -2.72. The van der Waals surface area contributed by atoms with Crippen molar-refractivity contribution in [2.24, 2.45) is 50.2 Å². The van der Waals surface area contributed by atoms with Crippen molar-refractivity contribution in [3.05, 3.63) is 13.2 Å². The molecule has 190 valence electrons. The van der Waals surface area contributed by atoms with Crippen molar-refractivity contribution in [2.45, 2.75) is 125 Å². The molecule has 0 heterocycles. The van der Waals surface area contributed by atoms with Crippen LogP contribution in [0.5, 0.6) is 0 Å². The number of hydrogen-bond acceptors (Lipinski definition) is 2. The maximum atomic E-state index is 10.9. The van der Waals surface area contributed by atoms with Crippen molar-refractivity contribution < 1.29 is 10.2 Å². The molecule has 0 amide bonds. The molecule has 0 aromatic carbocycles. The highest BCUT2D eigenvalue weighted by Gasteiger charge is 2.81. The topological polar surface area (TPSA) is 40.5 Å². The molecule has 10 atom stereocenters. The molecule has 1 spiro atoms. The summed E-state index contributed by atoms with van der Waals surface area (Å²) < 4.78 is 0.